The first kappa shape index (κ1) is 28.0. The van der Waals surface area contributed by atoms with Crippen LogP contribution in [-0.2, 0) is 9.53 Å². The van der Waals surface area contributed by atoms with E-state index in [-0.39, 0.29) is 17.5 Å². The molecule has 0 spiro atoms. The van der Waals surface area contributed by atoms with E-state index in [1.54, 1.807) is 12.5 Å². The molecule has 3 fully saturated rings. The van der Waals surface area contributed by atoms with Crippen LogP contribution < -0.4 is 0 Å². The zero-order valence-electron chi connectivity index (χ0n) is 24.0. The molecule has 4 aliphatic rings. The van der Waals surface area contributed by atoms with Crippen molar-refractivity contribution < 1.29 is 9.53 Å². The number of allylic oxidation sites excluding steroid dienone is 7. The normalized spacial score (nSPS) is 36.5. The highest BCUT2D eigenvalue weighted by Crippen LogP contribution is 2.66. The van der Waals surface area contributed by atoms with Crippen molar-refractivity contribution in [2.45, 2.75) is 119 Å². The Bertz CT molecular complexity index is 866. The van der Waals surface area contributed by atoms with Gasteiger partial charge < -0.3 is 4.74 Å². The molecule has 4 aliphatic carbocycles. The standard InChI is InChI=1S/C29H44O2.C4H8/c1-19(2)8-7-9-20(3)25-12-13-26-24-11-10-22-18-23(31-21(4)30)14-16-28(22,5)27(24)15-17-29(25,26)6;1-3-4-2/h8,10-11,20,23,25-27H,7,9,12-18H2,1-6H3;3-4H,1-2H3/b;4-3-. The predicted molar refractivity (Wildman–Crippen MR) is 149 cm³/mol. The summed E-state index contributed by atoms with van der Waals surface area (Å²) in [6, 6.07) is 0. The van der Waals surface area contributed by atoms with Gasteiger partial charge in [0.15, 0.2) is 0 Å². The van der Waals surface area contributed by atoms with Gasteiger partial charge in [-0.15, -0.1) is 0 Å². The number of fused-ring (bicyclic) bond motifs is 5. The molecule has 2 nitrogen and oxygen atoms in total. The van der Waals surface area contributed by atoms with Gasteiger partial charge in [0.05, 0.1) is 0 Å². The van der Waals surface area contributed by atoms with Gasteiger partial charge in [0, 0.05) is 13.3 Å². The average molecular weight is 481 g/mol. The Labute approximate surface area is 216 Å². The molecule has 0 bridgehead atoms. The summed E-state index contributed by atoms with van der Waals surface area (Å²) in [5.74, 6) is 3.01. The van der Waals surface area contributed by atoms with Crippen molar-refractivity contribution in [3.05, 3.63) is 47.1 Å². The monoisotopic (exact) mass is 480 g/mol. The minimum atomic E-state index is -0.134. The first-order valence-electron chi connectivity index (χ1n) is 14.4. The van der Waals surface area contributed by atoms with Crippen LogP contribution in [0.1, 0.15) is 113 Å². The van der Waals surface area contributed by atoms with Crippen LogP contribution in [0.3, 0.4) is 0 Å². The first-order valence-corrected chi connectivity index (χ1v) is 14.4. The summed E-state index contributed by atoms with van der Waals surface area (Å²) in [7, 11) is 0. The maximum absolute atomic E-state index is 11.5. The lowest BCUT2D eigenvalue weighted by Gasteiger charge is -2.55. The van der Waals surface area contributed by atoms with Gasteiger partial charge in [0.1, 0.15) is 6.10 Å². The van der Waals surface area contributed by atoms with Crippen LogP contribution in [0.25, 0.3) is 0 Å². The molecule has 4 rings (SSSR count). The van der Waals surface area contributed by atoms with Crippen LogP contribution in [0.2, 0.25) is 0 Å². The fraction of sp³-hybridized carbons (Fsp3) is 0.727. The van der Waals surface area contributed by atoms with Crippen molar-refractivity contribution in [2.24, 2.45) is 34.5 Å². The fourth-order valence-electron chi connectivity index (χ4n) is 8.12. The number of carbonyl (C=O) groups is 1. The summed E-state index contributed by atoms with van der Waals surface area (Å²) in [6.07, 6.45) is 22.6. The predicted octanol–water partition coefficient (Wildman–Crippen LogP) is 9.38. The van der Waals surface area contributed by atoms with Gasteiger partial charge in [-0.05, 0) is 114 Å². The lowest BCUT2D eigenvalue weighted by molar-refractivity contribution is -0.148. The third kappa shape index (κ3) is 5.89. The molecule has 0 aliphatic heterocycles. The molecule has 0 aromatic rings. The molecule has 2 heteroatoms. The zero-order chi connectivity index (χ0) is 25.8. The van der Waals surface area contributed by atoms with Gasteiger partial charge in [-0.25, -0.2) is 0 Å². The van der Waals surface area contributed by atoms with Gasteiger partial charge in [-0.3, -0.25) is 4.79 Å². The van der Waals surface area contributed by atoms with Crippen LogP contribution in [0.15, 0.2) is 47.1 Å². The van der Waals surface area contributed by atoms with Crippen molar-refractivity contribution in [2.75, 3.05) is 0 Å². The average Bonchev–Trinajstić information content (AvgIpc) is 3.16. The van der Waals surface area contributed by atoms with E-state index in [1.165, 1.54) is 49.7 Å². The van der Waals surface area contributed by atoms with E-state index in [2.05, 4.69) is 52.8 Å². The molecule has 0 amide bonds. The van der Waals surface area contributed by atoms with E-state index in [0.717, 1.165) is 37.0 Å². The molecule has 35 heavy (non-hydrogen) atoms. The maximum Gasteiger partial charge on any atom is 0.302 e. The van der Waals surface area contributed by atoms with Gasteiger partial charge in [0.2, 0.25) is 0 Å². The third-order valence-corrected chi connectivity index (χ3v) is 10.1. The van der Waals surface area contributed by atoms with Gasteiger partial charge in [-0.1, -0.05) is 67.9 Å². The Kier molecular flexibility index (Phi) is 9.33. The Balaban J connectivity index is 0.000000795. The van der Waals surface area contributed by atoms with E-state index in [4.69, 9.17) is 4.74 Å². The minimum Gasteiger partial charge on any atom is -0.462 e. The summed E-state index contributed by atoms with van der Waals surface area (Å²) in [6.45, 7) is 17.6. The largest absolute Gasteiger partial charge is 0.462 e. The van der Waals surface area contributed by atoms with Crippen molar-refractivity contribution >= 4 is 5.97 Å². The minimum absolute atomic E-state index is 0.0816. The zero-order valence-corrected chi connectivity index (χ0v) is 24.0. The number of carbonyl (C=O) groups excluding carboxylic acids is 1. The molecule has 0 saturated heterocycles. The molecular formula is C33H52O2. The number of hydrogen-bond acceptors (Lipinski definition) is 2. The van der Waals surface area contributed by atoms with Gasteiger partial charge in [0.25, 0.3) is 0 Å². The first-order chi connectivity index (χ1) is 16.6. The second kappa shape index (κ2) is 11.7. The van der Waals surface area contributed by atoms with E-state index in [1.807, 2.05) is 26.0 Å². The van der Waals surface area contributed by atoms with Crippen LogP contribution in [0.5, 0.6) is 0 Å². The molecule has 0 aromatic carbocycles. The number of rotatable bonds is 5. The molecule has 0 N–H and O–H groups in total. The van der Waals surface area contributed by atoms with Crippen molar-refractivity contribution in [1.82, 2.24) is 0 Å². The van der Waals surface area contributed by atoms with Crippen molar-refractivity contribution in [3.8, 4) is 0 Å². The number of ether oxygens (including phenoxy) is 1. The van der Waals surface area contributed by atoms with Gasteiger partial charge in [-0.2, -0.15) is 0 Å². The van der Waals surface area contributed by atoms with E-state index in [0.29, 0.717) is 11.3 Å². The highest BCUT2D eigenvalue weighted by Gasteiger charge is 2.57. The van der Waals surface area contributed by atoms with Crippen molar-refractivity contribution in [1.29, 1.82) is 0 Å². The molecule has 0 aromatic heterocycles. The number of hydrogen-bond donors (Lipinski definition) is 0. The summed E-state index contributed by atoms with van der Waals surface area (Å²) in [4.78, 5) is 11.5. The molecule has 0 radical (unpaired) electrons. The topological polar surface area (TPSA) is 26.3 Å². The summed E-state index contributed by atoms with van der Waals surface area (Å²) in [5.41, 5.74) is 5.50. The van der Waals surface area contributed by atoms with Crippen LogP contribution in [-0.4, -0.2) is 12.1 Å². The van der Waals surface area contributed by atoms with Crippen LogP contribution in [0, 0.1) is 34.5 Å². The van der Waals surface area contributed by atoms with Crippen LogP contribution >= 0.6 is 0 Å². The van der Waals surface area contributed by atoms with Crippen LogP contribution in [0.4, 0.5) is 0 Å². The van der Waals surface area contributed by atoms with Crippen molar-refractivity contribution in [3.63, 3.8) is 0 Å². The molecule has 196 valence electrons. The number of esters is 1. The summed E-state index contributed by atoms with van der Waals surface area (Å²) >= 11 is 0. The highest BCUT2D eigenvalue weighted by molar-refractivity contribution is 5.66. The molecule has 3 saturated carbocycles. The SMILES string of the molecule is C/C=C\C.CC(=O)OC1CCC2(C)C(=CC=C3C2CCC2(C)C3CCC2C(C)CCC=C(C)C)C1. The Morgan fingerprint density at radius 3 is 2.37 bits per heavy atom. The molecule has 0 heterocycles. The second-order valence-corrected chi connectivity index (χ2v) is 12.6. The second-order valence-electron chi connectivity index (χ2n) is 12.6. The lowest BCUT2D eigenvalue weighted by atomic mass is 9.50. The fourth-order valence-corrected chi connectivity index (χ4v) is 8.12. The Morgan fingerprint density at radius 2 is 1.74 bits per heavy atom. The molecule has 7 unspecified atom stereocenters. The summed E-state index contributed by atoms with van der Waals surface area (Å²) in [5, 5.41) is 0. The highest BCUT2D eigenvalue weighted by atomic mass is 16.5. The molecule has 7 atom stereocenters. The maximum atomic E-state index is 11.5. The van der Waals surface area contributed by atoms with E-state index < -0.39 is 0 Å². The smallest absolute Gasteiger partial charge is 0.302 e. The molecular weight excluding hydrogens is 428 g/mol. The summed E-state index contributed by atoms with van der Waals surface area (Å²) < 4.78 is 5.59. The Hall–Kier alpha value is -1.57. The third-order valence-electron chi connectivity index (χ3n) is 10.1. The Morgan fingerprint density at radius 1 is 1.03 bits per heavy atom. The van der Waals surface area contributed by atoms with E-state index in [9.17, 15) is 4.79 Å². The quantitative estimate of drug-likeness (QED) is 0.289. The lowest BCUT2D eigenvalue weighted by Crippen LogP contribution is -2.46. The van der Waals surface area contributed by atoms with Gasteiger partial charge >= 0.3 is 5.97 Å². The van der Waals surface area contributed by atoms with E-state index >= 15 is 0 Å².